The van der Waals surface area contributed by atoms with Gasteiger partial charge in [-0.3, -0.25) is 4.79 Å². The van der Waals surface area contributed by atoms with Crippen molar-refractivity contribution in [2.75, 3.05) is 5.32 Å². The van der Waals surface area contributed by atoms with E-state index in [1.54, 1.807) is 12.1 Å². The maximum atomic E-state index is 12.9. The molecule has 0 unspecified atom stereocenters. The van der Waals surface area contributed by atoms with E-state index in [0.717, 1.165) is 16.6 Å². The lowest BCUT2D eigenvalue weighted by molar-refractivity contribution is -0.136. The molecule has 0 fully saturated rings. The molecule has 0 saturated carbocycles. The molecular weight excluding hydrogens is 435 g/mol. The number of hydrogen-bond acceptors (Lipinski definition) is 4. The van der Waals surface area contributed by atoms with Gasteiger partial charge in [-0.1, -0.05) is 40.3 Å². The van der Waals surface area contributed by atoms with E-state index < -0.39 is 23.3 Å². The summed E-state index contributed by atoms with van der Waals surface area (Å²) in [5.41, 5.74) is 4.21. The third kappa shape index (κ3) is 5.41. The van der Waals surface area contributed by atoms with E-state index in [4.69, 9.17) is 12.2 Å². The van der Waals surface area contributed by atoms with Gasteiger partial charge in [0.05, 0.1) is 11.3 Å². The number of rotatable bonds is 4. The maximum absolute atomic E-state index is 12.9. The Morgan fingerprint density at radius 2 is 1.88 bits per heavy atom. The van der Waals surface area contributed by atoms with Crippen LogP contribution in [0.25, 0.3) is 0 Å². The van der Waals surface area contributed by atoms with Crippen molar-refractivity contribution in [2.24, 2.45) is 0 Å². The Kier molecular flexibility index (Phi) is 6.57. The SMILES string of the molecule is O=C(Nc1ccccc1C(F)(F)F)C(=S)NNCc1cc(Br)ccc1O. The quantitative estimate of drug-likeness (QED) is 0.424. The zero-order chi connectivity index (χ0) is 19.3. The van der Waals surface area contributed by atoms with Crippen LogP contribution in [0.3, 0.4) is 0 Å². The molecule has 0 aliphatic rings. The van der Waals surface area contributed by atoms with Crippen LogP contribution in [0.1, 0.15) is 11.1 Å². The number of para-hydroxylation sites is 1. The first kappa shape index (κ1) is 20.1. The van der Waals surface area contributed by atoms with E-state index in [-0.39, 0.29) is 17.3 Å². The summed E-state index contributed by atoms with van der Waals surface area (Å²) in [5, 5.41) is 11.8. The first-order valence-electron chi connectivity index (χ1n) is 7.16. The largest absolute Gasteiger partial charge is 0.508 e. The molecule has 0 radical (unpaired) electrons. The summed E-state index contributed by atoms with van der Waals surface area (Å²) in [5.74, 6) is -0.861. The molecule has 0 aromatic heterocycles. The highest BCUT2D eigenvalue weighted by Gasteiger charge is 2.33. The Morgan fingerprint density at radius 1 is 1.19 bits per heavy atom. The van der Waals surface area contributed by atoms with E-state index >= 15 is 0 Å². The maximum Gasteiger partial charge on any atom is 0.418 e. The van der Waals surface area contributed by atoms with Crippen LogP contribution >= 0.6 is 28.1 Å². The standard InChI is InChI=1S/C16H13BrF3N3O2S/c17-10-5-6-13(24)9(7-10)8-21-23-15(26)14(25)22-12-4-2-1-3-11(12)16(18,19)20/h1-7,21,24H,8H2,(H,22,25)(H,23,26). The lowest BCUT2D eigenvalue weighted by Crippen LogP contribution is -2.42. The Bertz CT molecular complexity index is 831. The number of halogens is 4. The summed E-state index contributed by atoms with van der Waals surface area (Å²) < 4.78 is 39.5. The summed E-state index contributed by atoms with van der Waals surface area (Å²) in [7, 11) is 0. The predicted molar refractivity (Wildman–Crippen MR) is 98.5 cm³/mol. The second-order valence-corrected chi connectivity index (χ2v) is 6.40. The summed E-state index contributed by atoms with van der Waals surface area (Å²) in [6, 6.07) is 9.39. The molecular formula is C16H13BrF3N3O2S. The van der Waals surface area contributed by atoms with Gasteiger partial charge in [-0.25, -0.2) is 5.43 Å². The van der Waals surface area contributed by atoms with Crippen LogP contribution < -0.4 is 16.2 Å². The number of aromatic hydroxyl groups is 1. The van der Waals surface area contributed by atoms with Crippen LogP contribution in [0, 0.1) is 0 Å². The molecule has 2 aromatic rings. The molecule has 0 heterocycles. The molecule has 0 spiro atoms. The molecule has 4 N–H and O–H groups in total. The highest BCUT2D eigenvalue weighted by molar-refractivity contribution is 9.10. The number of amides is 1. The summed E-state index contributed by atoms with van der Waals surface area (Å²) >= 11 is 8.11. The minimum Gasteiger partial charge on any atom is -0.508 e. The van der Waals surface area contributed by atoms with Crippen molar-refractivity contribution in [2.45, 2.75) is 12.7 Å². The van der Waals surface area contributed by atoms with E-state index in [1.165, 1.54) is 18.2 Å². The third-order valence-corrected chi connectivity index (χ3v) is 3.99. The van der Waals surface area contributed by atoms with Gasteiger partial charge in [0.15, 0.2) is 4.99 Å². The van der Waals surface area contributed by atoms with E-state index in [2.05, 4.69) is 32.1 Å². The smallest absolute Gasteiger partial charge is 0.418 e. The van der Waals surface area contributed by atoms with Gasteiger partial charge in [0.1, 0.15) is 5.75 Å². The molecule has 26 heavy (non-hydrogen) atoms. The van der Waals surface area contributed by atoms with Crippen molar-refractivity contribution >= 4 is 44.7 Å². The summed E-state index contributed by atoms with van der Waals surface area (Å²) in [6.07, 6.45) is -4.60. The highest BCUT2D eigenvalue weighted by Crippen LogP contribution is 2.34. The number of carbonyl (C=O) groups is 1. The highest BCUT2D eigenvalue weighted by atomic mass is 79.9. The minimum atomic E-state index is -4.60. The number of thiocarbonyl (C=S) groups is 1. The third-order valence-electron chi connectivity index (χ3n) is 3.21. The number of phenolic OH excluding ortho intramolecular Hbond substituents is 1. The predicted octanol–water partition coefficient (Wildman–Crippen LogP) is 3.73. The van der Waals surface area contributed by atoms with Crippen molar-refractivity contribution in [3.63, 3.8) is 0 Å². The van der Waals surface area contributed by atoms with E-state index in [0.29, 0.717) is 5.56 Å². The van der Waals surface area contributed by atoms with Gasteiger partial charge in [0.2, 0.25) is 0 Å². The molecule has 0 bridgehead atoms. The van der Waals surface area contributed by atoms with Crippen molar-refractivity contribution < 1.29 is 23.1 Å². The van der Waals surface area contributed by atoms with Crippen LogP contribution in [-0.4, -0.2) is 16.0 Å². The lowest BCUT2D eigenvalue weighted by atomic mass is 10.1. The average molecular weight is 448 g/mol. The van der Waals surface area contributed by atoms with Crippen molar-refractivity contribution in [1.82, 2.24) is 10.9 Å². The fourth-order valence-electron chi connectivity index (χ4n) is 1.99. The molecule has 138 valence electrons. The molecule has 2 aromatic carbocycles. The fraction of sp³-hybridized carbons (Fsp3) is 0.125. The number of phenols is 1. The van der Waals surface area contributed by atoms with E-state index in [9.17, 15) is 23.1 Å². The molecule has 10 heteroatoms. The molecule has 0 atom stereocenters. The summed E-state index contributed by atoms with van der Waals surface area (Å²) in [6.45, 7) is 0.123. The van der Waals surface area contributed by atoms with Crippen LogP contribution in [0.4, 0.5) is 18.9 Å². The Morgan fingerprint density at radius 3 is 2.58 bits per heavy atom. The van der Waals surface area contributed by atoms with Gasteiger partial charge in [-0.2, -0.15) is 13.2 Å². The number of nitrogens with one attached hydrogen (secondary N) is 3. The van der Waals surface area contributed by atoms with Gasteiger partial charge in [0, 0.05) is 16.6 Å². The van der Waals surface area contributed by atoms with Crippen LogP contribution in [0.2, 0.25) is 0 Å². The normalized spacial score (nSPS) is 11.1. The van der Waals surface area contributed by atoms with Crippen molar-refractivity contribution in [3.8, 4) is 5.75 Å². The number of carbonyl (C=O) groups excluding carboxylic acids is 1. The molecule has 0 aliphatic carbocycles. The number of hydrazine groups is 1. The zero-order valence-electron chi connectivity index (χ0n) is 13.0. The second kappa shape index (κ2) is 8.47. The van der Waals surface area contributed by atoms with Gasteiger partial charge in [-0.05, 0) is 30.3 Å². The Labute approximate surface area is 160 Å². The number of alkyl halides is 3. The molecule has 5 nitrogen and oxygen atoms in total. The number of hydrogen-bond donors (Lipinski definition) is 4. The first-order chi connectivity index (χ1) is 12.2. The van der Waals surface area contributed by atoms with E-state index in [1.807, 2.05) is 0 Å². The molecule has 0 aliphatic heterocycles. The molecule has 2 rings (SSSR count). The number of anilines is 1. The van der Waals surface area contributed by atoms with Gasteiger partial charge in [0.25, 0.3) is 5.91 Å². The monoisotopic (exact) mass is 447 g/mol. The number of benzene rings is 2. The fourth-order valence-corrected chi connectivity index (χ4v) is 2.52. The lowest BCUT2D eigenvalue weighted by Gasteiger charge is -2.14. The minimum absolute atomic E-state index is 0.0389. The topological polar surface area (TPSA) is 73.4 Å². The van der Waals surface area contributed by atoms with Crippen molar-refractivity contribution in [1.29, 1.82) is 0 Å². The van der Waals surface area contributed by atoms with Crippen LogP contribution in [0.5, 0.6) is 5.75 Å². The van der Waals surface area contributed by atoms with Crippen molar-refractivity contribution in [3.05, 3.63) is 58.1 Å². The summed E-state index contributed by atoms with van der Waals surface area (Å²) in [4.78, 5) is 11.6. The zero-order valence-corrected chi connectivity index (χ0v) is 15.4. The average Bonchev–Trinajstić information content (AvgIpc) is 2.57. The van der Waals surface area contributed by atoms with Gasteiger partial charge < -0.3 is 15.8 Å². The molecule has 0 saturated heterocycles. The second-order valence-electron chi connectivity index (χ2n) is 5.08. The van der Waals surface area contributed by atoms with Crippen LogP contribution in [0.15, 0.2) is 46.9 Å². The van der Waals surface area contributed by atoms with Gasteiger partial charge in [-0.15, -0.1) is 0 Å². The Hall–Kier alpha value is -2.17. The Balaban J connectivity index is 1.95. The van der Waals surface area contributed by atoms with Gasteiger partial charge >= 0.3 is 6.18 Å². The molecule has 1 amide bonds. The first-order valence-corrected chi connectivity index (χ1v) is 8.36. The van der Waals surface area contributed by atoms with Crippen LogP contribution in [-0.2, 0) is 17.5 Å².